The number of primary amides is 1. The average molecular weight is 581 g/mol. The Morgan fingerprint density at radius 1 is 1.05 bits per heavy atom. The molecule has 224 valence electrons. The van der Waals surface area contributed by atoms with Crippen LogP contribution in [0.15, 0.2) is 4.76 Å². The monoisotopic (exact) mass is 580 g/mol. The topological polar surface area (TPSA) is 250 Å². The summed E-state index contributed by atoms with van der Waals surface area (Å²) in [4.78, 5) is 55.0. The van der Waals surface area contributed by atoms with Crippen molar-refractivity contribution in [2.45, 2.75) is 82.8 Å². The normalized spacial score (nSPS) is 16.6. The van der Waals surface area contributed by atoms with E-state index in [-0.39, 0.29) is 30.1 Å². The molecule has 3 unspecified atom stereocenters. The van der Waals surface area contributed by atoms with Crippen molar-refractivity contribution in [3.8, 4) is 0 Å². The first-order chi connectivity index (χ1) is 19.0. The average Bonchev–Trinajstić information content (AvgIpc) is 3.34. The van der Waals surface area contributed by atoms with Gasteiger partial charge in [0.1, 0.15) is 18.1 Å². The van der Waals surface area contributed by atoms with Crippen LogP contribution in [0.5, 0.6) is 0 Å². The van der Waals surface area contributed by atoms with Crippen molar-refractivity contribution in [2.24, 2.45) is 22.1 Å². The van der Waals surface area contributed by atoms with Crippen molar-refractivity contribution in [1.82, 2.24) is 31.1 Å². The number of hydrogen-bond donors (Lipinski definition) is 7. The lowest BCUT2D eigenvalue weighted by molar-refractivity contribution is -0.132. The van der Waals surface area contributed by atoms with Crippen LogP contribution < -0.4 is 33.2 Å². The number of hydrogen-bond acceptors (Lipinski definition) is 8. The number of carbonyl (C=O) groups is 4. The predicted octanol–water partition coefficient (Wildman–Crippen LogP) is 0.446. The summed E-state index contributed by atoms with van der Waals surface area (Å²) in [6.07, 6.45) is 6.43. The second-order valence-electron chi connectivity index (χ2n) is 10.1. The third kappa shape index (κ3) is 11.3. The summed E-state index contributed by atoms with van der Waals surface area (Å²) in [5, 5.41) is 18.4. The number of anilines is 1. The number of aromatic nitrogens is 3. The zero-order valence-electron chi connectivity index (χ0n) is 23.5. The number of aromatic amines is 1. The fourth-order valence-corrected chi connectivity index (χ4v) is 4.98. The molecule has 40 heavy (non-hydrogen) atoms. The van der Waals surface area contributed by atoms with Crippen LogP contribution in [0.25, 0.3) is 5.32 Å². The maximum absolute atomic E-state index is 13.5. The Morgan fingerprint density at radius 2 is 1.70 bits per heavy atom. The number of carbonyl (C=O) groups excluding carboxylic acids is 4. The highest BCUT2D eigenvalue weighted by Gasteiger charge is 2.31. The third-order valence-electron chi connectivity index (χ3n) is 6.56. The first kappa shape index (κ1) is 32.7. The zero-order valence-corrected chi connectivity index (χ0v) is 24.4. The van der Waals surface area contributed by atoms with Crippen LogP contribution in [-0.4, -0.2) is 82.8 Å². The van der Waals surface area contributed by atoms with E-state index in [1.54, 1.807) is 6.92 Å². The van der Waals surface area contributed by atoms with Crippen LogP contribution in [0.4, 0.5) is 5.95 Å². The van der Waals surface area contributed by atoms with E-state index in [4.69, 9.17) is 17.2 Å². The second-order valence-corrected chi connectivity index (χ2v) is 12.0. The van der Waals surface area contributed by atoms with Gasteiger partial charge < -0.3 is 43.2 Å². The molecule has 2 rings (SSSR count). The van der Waals surface area contributed by atoms with Gasteiger partial charge in [-0.05, 0) is 51.5 Å². The van der Waals surface area contributed by atoms with Gasteiger partial charge in [-0.15, -0.1) is 5.10 Å². The predicted molar refractivity (Wildman–Crippen MR) is 154 cm³/mol. The Morgan fingerprint density at radius 3 is 2.27 bits per heavy atom. The molecule has 1 aromatic heterocycles. The quantitative estimate of drug-likeness (QED) is 0.0662. The number of H-pyrrole nitrogens is 1. The standard InChI is InChI=1S/C24H44N11O4P/c1-4-15(18(25)36)29-20(37)16(11-8-12-28-23(26)35-40(2)3)30-21(38)17(13-14-9-6-5-7-10-14)31-22(39)19-32-24(27)34-33-19/h14-17H,4-13H2,1-3H3,(H11,25,26,27,28,29,30,31,32,33,34,35,36,37,38,39)/p-1. The van der Waals surface area contributed by atoms with Gasteiger partial charge in [-0.1, -0.05) is 47.1 Å². The van der Waals surface area contributed by atoms with Gasteiger partial charge in [0, 0.05) is 5.96 Å². The van der Waals surface area contributed by atoms with E-state index in [1.807, 2.05) is 13.3 Å². The number of nitrogens with zero attached hydrogens (tertiary/aromatic N) is 4. The molecule has 1 fully saturated rings. The second kappa shape index (κ2) is 16.6. The van der Waals surface area contributed by atoms with Gasteiger partial charge in [0.2, 0.25) is 29.5 Å². The third-order valence-corrected chi connectivity index (χ3v) is 7.17. The summed E-state index contributed by atoms with van der Waals surface area (Å²) >= 11 is 0. The van der Waals surface area contributed by atoms with Crippen LogP contribution in [0.2, 0.25) is 0 Å². The molecule has 0 saturated heterocycles. The first-order valence-electron chi connectivity index (χ1n) is 13.6. The van der Waals surface area contributed by atoms with Crippen molar-refractivity contribution >= 4 is 43.6 Å². The van der Waals surface area contributed by atoms with Crippen LogP contribution in [-0.2, 0) is 14.4 Å². The number of nitrogens with two attached hydrogens (primary N) is 3. The largest absolute Gasteiger partial charge is 0.454 e. The molecule has 0 spiro atoms. The molecule has 1 aliphatic carbocycles. The SMILES string of the molecule is CCC(NC(=O)C(CCC[N-]/C(N)=N\P(C)C)NC(=O)C(CC1CCCCC1)NC(=O)c1nc(N)n[nH]1)C(N)=O. The molecule has 10 N–H and O–H groups in total. The van der Waals surface area contributed by atoms with E-state index in [9.17, 15) is 19.2 Å². The molecular formula is C24H43N11O4P-. The van der Waals surface area contributed by atoms with E-state index >= 15 is 0 Å². The summed E-state index contributed by atoms with van der Waals surface area (Å²) < 4.78 is 4.21. The molecule has 4 amide bonds. The van der Waals surface area contributed by atoms with Crippen LogP contribution in [0.3, 0.4) is 0 Å². The Balaban J connectivity index is 2.16. The number of nitrogen functional groups attached to an aromatic ring is 1. The zero-order chi connectivity index (χ0) is 29.7. The summed E-state index contributed by atoms with van der Waals surface area (Å²) in [6, 6.07) is -2.83. The molecule has 1 heterocycles. The Kier molecular flexibility index (Phi) is 13.6. The molecule has 1 saturated carbocycles. The highest BCUT2D eigenvalue weighted by Crippen LogP contribution is 2.28. The van der Waals surface area contributed by atoms with Gasteiger partial charge >= 0.3 is 0 Å². The molecule has 15 nitrogen and oxygen atoms in total. The molecular weight excluding hydrogens is 537 g/mol. The number of guanidine groups is 1. The van der Waals surface area contributed by atoms with Crippen LogP contribution in [0, 0.1) is 5.92 Å². The van der Waals surface area contributed by atoms with Crippen LogP contribution in [0.1, 0.15) is 75.3 Å². The Labute approximate surface area is 235 Å². The Bertz CT molecular complexity index is 1030. The van der Waals surface area contributed by atoms with Crippen molar-refractivity contribution < 1.29 is 19.2 Å². The number of nitrogens with one attached hydrogen (secondary N) is 4. The molecule has 3 atom stereocenters. The van der Waals surface area contributed by atoms with Gasteiger partial charge in [0.15, 0.2) is 0 Å². The minimum Gasteiger partial charge on any atom is -0.454 e. The van der Waals surface area contributed by atoms with Gasteiger partial charge in [-0.3, -0.25) is 24.3 Å². The van der Waals surface area contributed by atoms with E-state index in [0.717, 1.165) is 32.1 Å². The summed E-state index contributed by atoms with van der Waals surface area (Å²) in [6.45, 7) is 5.89. The minimum atomic E-state index is -1.00. The lowest BCUT2D eigenvalue weighted by atomic mass is 9.84. The number of amides is 4. The minimum absolute atomic E-state index is 0.0966. The lowest BCUT2D eigenvalue weighted by Crippen LogP contribution is -2.56. The molecule has 16 heteroatoms. The molecule has 1 aromatic rings. The lowest BCUT2D eigenvalue weighted by Gasteiger charge is -2.28. The molecule has 0 bridgehead atoms. The van der Waals surface area contributed by atoms with Crippen molar-refractivity contribution in [2.75, 3.05) is 25.6 Å². The summed E-state index contributed by atoms with van der Waals surface area (Å²) in [7, 11) is -0.599. The Hall–Kier alpha value is -3.48. The molecule has 1 aliphatic rings. The van der Waals surface area contributed by atoms with Crippen LogP contribution >= 0.6 is 8.07 Å². The molecule has 0 aliphatic heterocycles. The molecule has 0 radical (unpaired) electrons. The maximum Gasteiger partial charge on any atom is 0.289 e. The van der Waals surface area contributed by atoms with Gasteiger partial charge in [0.25, 0.3) is 5.91 Å². The first-order valence-corrected chi connectivity index (χ1v) is 15.8. The highest BCUT2D eigenvalue weighted by molar-refractivity contribution is 7.54. The van der Waals surface area contributed by atoms with Crippen molar-refractivity contribution in [3.63, 3.8) is 0 Å². The summed E-state index contributed by atoms with van der Waals surface area (Å²) in [5.41, 5.74) is 16.7. The van der Waals surface area contributed by atoms with Gasteiger partial charge in [-0.2, -0.15) is 4.98 Å². The fourth-order valence-electron chi connectivity index (χ4n) is 4.50. The maximum atomic E-state index is 13.5. The van der Waals surface area contributed by atoms with E-state index < -0.39 is 49.8 Å². The van der Waals surface area contributed by atoms with Crippen molar-refractivity contribution in [1.29, 1.82) is 0 Å². The number of rotatable bonds is 15. The van der Waals surface area contributed by atoms with Crippen molar-refractivity contribution in [3.05, 3.63) is 11.1 Å². The van der Waals surface area contributed by atoms with E-state index in [2.05, 4.69) is 41.2 Å². The van der Waals surface area contributed by atoms with Gasteiger partial charge in [-0.25, -0.2) is 0 Å². The van der Waals surface area contributed by atoms with Gasteiger partial charge in [0.05, 0.1) is 0 Å². The van der Waals surface area contributed by atoms with E-state index in [1.165, 1.54) is 0 Å². The fraction of sp³-hybridized carbons (Fsp3) is 0.708. The highest BCUT2D eigenvalue weighted by atomic mass is 31.1. The smallest absolute Gasteiger partial charge is 0.289 e. The molecule has 0 aromatic carbocycles. The summed E-state index contributed by atoms with van der Waals surface area (Å²) in [5.74, 6) is -2.20. The van der Waals surface area contributed by atoms with E-state index in [0.29, 0.717) is 25.8 Å².